The predicted octanol–water partition coefficient (Wildman–Crippen LogP) is 2.98. The maximum Gasteiger partial charge on any atom is 0.573 e. The number of likely N-dealkylation sites (N-methyl/N-ethyl adjacent to an activating group) is 1. The van der Waals surface area contributed by atoms with Gasteiger partial charge in [-0.15, -0.1) is 13.2 Å². The highest BCUT2D eigenvalue weighted by atomic mass is 32.2. The molecular formula is C16H17F3N2O3S. The van der Waals surface area contributed by atoms with Crippen LogP contribution in [0.5, 0.6) is 5.75 Å². The SMILES string of the molecule is CN(CCc1ccccn1)S(=O)(=O)Cc1ccc(OC(F)(F)F)cc1. The second-order valence-corrected chi connectivity index (χ2v) is 7.42. The summed E-state index contributed by atoms with van der Waals surface area (Å²) in [6.07, 6.45) is -2.68. The third kappa shape index (κ3) is 6.35. The summed E-state index contributed by atoms with van der Waals surface area (Å²) in [6.45, 7) is 0.259. The number of nitrogens with zero attached hydrogens (tertiary/aromatic N) is 2. The summed E-state index contributed by atoms with van der Waals surface area (Å²) in [5.74, 6) is -0.699. The van der Waals surface area contributed by atoms with E-state index >= 15 is 0 Å². The average Bonchev–Trinajstić information content (AvgIpc) is 2.54. The molecule has 0 saturated carbocycles. The highest BCUT2D eigenvalue weighted by molar-refractivity contribution is 7.88. The van der Waals surface area contributed by atoms with Crippen LogP contribution in [0.25, 0.3) is 0 Å². The lowest BCUT2D eigenvalue weighted by Gasteiger charge is -2.17. The Bertz CT molecular complexity index is 779. The van der Waals surface area contributed by atoms with Crippen LogP contribution in [0.4, 0.5) is 13.2 Å². The van der Waals surface area contributed by atoms with E-state index in [4.69, 9.17) is 0 Å². The van der Waals surface area contributed by atoms with Crippen molar-refractivity contribution >= 4 is 10.0 Å². The normalized spacial score (nSPS) is 12.4. The van der Waals surface area contributed by atoms with Crippen molar-refractivity contribution < 1.29 is 26.3 Å². The molecule has 0 bridgehead atoms. The number of alkyl halides is 3. The van der Waals surface area contributed by atoms with Gasteiger partial charge in [-0.05, 0) is 29.8 Å². The zero-order valence-corrected chi connectivity index (χ0v) is 14.2. The number of benzene rings is 1. The number of rotatable bonds is 7. The van der Waals surface area contributed by atoms with Crippen LogP contribution in [-0.2, 0) is 22.2 Å². The van der Waals surface area contributed by atoms with Gasteiger partial charge < -0.3 is 4.74 Å². The van der Waals surface area contributed by atoms with Crippen molar-refractivity contribution in [3.05, 3.63) is 59.9 Å². The third-order valence-electron chi connectivity index (χ3n) is 3.39. The second-order valence-electron chi connectivity index (χ2n) is 5.34. The smallest absolute Gasteiger partial charge is 0.406 e. The van der Waals surface area contributed by atoms with Gasteiger partial charge >= 0.3 is 6.36 Å². The van der Waals surface area contributed by atoms with Crippen LogP contribution in [0.3, 0.4) is 0 Å². The molecule has 0 spiro atoms. The fraction of sp³-hybridized carbons (Fsp3) is 0.312. The lowest BCUT2D eigenvalue weighted by Crippen LogP contribution is -2.30. The van der Waals surface area contributed by atoms with E-state index in [1.807, 2.05) is 6.07 Å². The number of pyridine rings is 1. The first-order valence-corrected chi connectivity index (χ1v) is 8.95. The highest BCUT2D eigenvalue weighted by Crippen LogP contribution is 2.23. The summed E-state index contributed by atoms with van der Waals surface area (Å²) in [5.41, 5.74) is 1.15. The minimum atomic E-state index is -4.78. The Morgan fingerprint density at radius 1 is 1.12 bits per heavy atom. The predicted molar refractivity (Wildman–Crippen MR) is 86.3 cm³/mol. The van der Waals surface area contributed by atoms with Gasteiger partial charge in [0.25, 0.3) is 0 Å². The van der Waals surface area contributed by atoms with Gasteiger partial charge in [0.2, 0.25) is 10.0 Å². The zero-order chi connectivity index (χ0) is 18.5. The summed E-state index contributed by atoms with van der Waals surface area (Å²) >= 11 is 0. The van der Waals surface area contributed by atoms with Crippen LogP contribution < -0.4 is 4.74 Å². The molecular weight excluding hydrogens is 357 g/mol. The number of hydrogen-bond acceptors (Lipinski definition) is 4. The van der Waals surface area contributed by atoms with Gasteiger partial charge in [0, 0.05) is 31.9 Å². The molecule has 0 unspecified atom stereocenters. The monoisotopic (exact) mass is 374 g/mol. The largest absolute Gasteiger partial charge is 0.573 e. The molecule has 0 N–H and O–H groups in total. The highest BCUT2D eigenvalue weighted by Gasteiger charge is 2.31. The molecule has 1 heterocycles. The summed E-state index contributed by atoms with van der Waals surface area (Å²) in [5, 5.41) is 0. The van der Waals surface area contributed by atoms with Gasteiger partial charge in [-0.2, -0.15) is 0 Å². The fourth-order valence-corrected chi connectivity index (χ4v) is 3.27. The zero-order valence-electron chi connectivity index (χ0n) is 13.4. The molecule has 0 aliphatic heterocycles. The minimum Gasteiger partial charge on any atom is -0.406 e. The summed E-state index contributed by atoms with van der Waals surface area (Å²) < 4.78 is 66.0. The van der Waals surface area contributed by atoms with E-state index in [0.29, 0.717) is 12.0 Å². The topological polar surface area (TPSA) is 59.5 Å². The standard InChI is InChI=1S/C16H17F3N2O3S/c1-21(11-9-14-4-2-3-10-20-14)25(22,23)12-13-5-7-15(8-6-13)24-16(17,18)19/h2-8,10H,9,11-12H2,1H3. The summed E-state index contributed by atoms with van der Waals surface area (Å²) in [7, 11) is -2.13. The van der Waals surface area contributed by atoms with Gasteiger partial charge in [-0.3, -0.25) is 4.98 Å². The third-order valence-corrected chi connectivity index (χ3v) is 5.22. The van der Waals surface area contributed by atoms with Crippen LogP contribution in [-0.4, -0.2) is 37.7 Å². The second kappa shape index (κ2) is 7.83. The molecule has 0 amide bonds. The molecule has 0 radical (unpaired) electrons. The van der Waals surface area contributed by atoms with Gasteiger partial charge in [0.05, 0.1) is 5.75 Å². The van der Waals surface area contributed by atoms with Gasteiger partial charge in [-0.1, -0.05) is 18.2 Å². The van der Waals surface area contributed by atoms with E-state index in [1.54, 1.807) is 18.3 Å². The number of halogens is 3. The molecule has 136 valence electrons. The molecule has 2 aromatic rings. The van der Waals surface area contributed by atoms with Crippen molar-refractivity contribution in [1.82, 2.24) is 9.29 Å². The van der Waals surface area contributed by atoms with Crippen molar-refractivity contribution in [3.8, 4) is 5.75 Å². The quantitative estimate of drug-likeness (QED) is 0.748. The maximum atomic E-state index is 12.3. The first kappa shape index (κ1) is 19.2. The lowest BCUT2D eigenvalue weighted by molar-refractivity contribution is -0.274. The van der Waals surface area contributed by atoms with Crippen LogP contribution in [0.2, 0.25) is 0 Å². The van der Waals surface area contributed by atoms with Crippen LogP contribution in [0.1, 0.15) is 11.3 Å². The summed E-state index contributed by atoms with van der Waals surface area (Å²) in [4.78, 5) is 4.13. The van der Waals surface area contributed by atoms with Crippen molar-refractivity contribution in [3.63, 3.8) is 0 Å². The molecule has 0 saturated heterocycles. The Kier molecular flexibility index (Phi) is 6.02. The summed E-state index contributed by atoms with van der Waals surface area (Å²) in [6, 6.07) is 10.2. The molecule has 5 nitrogen and oxygen atoms in total. The molecule has 1 aromatic carbocycles. The Balaban J connectivity index is 1.95. The van der Waals surface area contributed by atoms with Crippen molar-refractivity contribution in [2.45, 2.75) is 18.5 Å². The molecule has 1 aromatic heterocycles. The first-order valence-electron chi connectivity index (χ1n) is 7.34. The van der Waals surface area contributed by atoms with Crippen molar-refractivity contribution in [1.29, 1.82) is 0 Å². The van der Waals surface area contributed by atoms with E-state index in [0.717, 1.165) is 17.8 Å². The van der Waals surface area contributed by atoms with Crippen LogP contribution in [0.15, 0.2) is 48.7 Å². The van der Waals surface area contributed by atoms with Gasteiger partial charge in [0.1, 0.15) is 5.75 Å². The lowest BCUT2D eigenvalue weighted by atomic mass is 10.2. The number of ether oxygens (including phenoxy) is 1. The Hall–Kier alpha value is -2.13. The van der Waals surface area contributed by atoms with Crippen molar-refractivity contribution in [2.24, 2.45) is 0 Å². The Morgan fingerprint density at radius 3 is 2.36 bits per heavy atom. The molecule has 25 heavy (non-hydrogen) atoms. The Morgan fingerprint density at radius 2 is 1.80 bits per heavy atom. The molecule has 9 heteroatoms. The van der Waals surface area contributed by atoms with Gasteiger partial charge in [-0.25, -0.2) is 12.7 Å². The molecule has 0 atom stereocenters. The Labute approximate surface area is 144 Å². The average molecular weight is 374 g/mol. The molecule has 0 aliphatic rings. The minimum absolute atomic E-state index is 0.259. The first-order chi connectivity index (χ1) is 11.7. The maximum absolute atomic E-state index is 12.3. The molecule has 0 fully saturated rings. The van der Waals surface area contributed by atoms with Gasteiger partial charge in [0.15, 0.2) is 0 Å². The van der Waals surface area contributed by atoms with E-state index < -0.39 is 22.1 Å². The number of hydrogen-bond donors (Lipinski definition) is 0. The number of aromatic nitrogens is 1. The van der Waals surface area contributed by atoms with E-state index in [9.17, 15) is 21.6 Å². The molecule has 2 rings (SSSR count). The fourth-order valence-electron chi connectivity index (χ4n) is 2.07. The van der Waals surface area contributed by atoms with E-state index in [1.165, 1.54) is 23.5 Å². The number of sulfonamides is 1. The van der Waals surface area contributed by atoms with E-state index in [2.05, 4.69) is 9.72 Å². The van der Waals surface area contributed by atoms with Crippen LogP contribution in [0, 0.1) is 0 Å². The van der Waals surface area contributed by atoms with Crippen LogP contribution >= 0.6 is 0 Å². The molecule has 0 aliphatic carbocycles. The van der Waals surface area contributed by atoms with Crippen molar-refractivity contribution in [2.75, 3.05) is 13.6 Å². The van der Waals surface area contributed by atoms with E-state index in [-0.39, 0.29) is 12.3 Å².